The topological polar surface area (TPSA) is 208 Å². The Morgan fingerprint density at radius 2 is 1.78 bits per heavy atom. The number of carbonyl (C=O) groups is 1. The zero-order valence-corrected chi connectivity index (χ0v) is 19.1. The maximum atomic E-state index is 12.1. The maximum absolute atomic E-state index is 12.1. The predicted octanol–water partition coefficient (Wildman–Crippen LogP) is 0.192. The molecule has 3 aromatic rings. The first-order valence-corrected chi connectivity index (χ1v) is 11.0. The van der Waals surface area contributed by atoms with Crippen molar-refractivity contribution in [3.8, 4) is 23.0 Å². The number of aromatic carboxylic acids is 1. The highest BCUT2D eigenvalue weighted by Gasteiger charge is 2.44. The van der Waals surface area contributed by atoms with Gasteiger partial charge in [0.05, 0.1) is 19.3 Å². The Morgan fingerprint density at radius 3 is 2.43 bits per heavy atom. The van der Waals surface area contributed by atoms with Crippen LogP contribution < -0.4 is 24.2 Å². The number of hydrogen-bond donors (Lipinski definition) is 7. The van der Waals surface area contributed by atoms with Crippen molar-refractivity contribution in [3.05, 3.63) is 29.8 Å². The minimum absolute atomic E-state index is 0.0287. The van der Waals surface area contributed by atoms with Gasteiger partial charge in [-0.15, -0.1) is 5.23 Å². The van der Waals surface area contributed by atoms with E-state index < -0.39 is 43.3 Å². The Morgan fingerprint density at radius 1 is 1.03 bits per heavy atom. The van der Waals surface area contributed by atoms with Crippen LogP contribution in [0.5, 0.6) is 23.0 Å². The highest BCUT2D eigenvalue weighted by molar-refractivity contribution is 6.23. The first kappa shape index (κ1) is 25.0. The smallest absolute Gasteiger partial charge is 0.336 e. The summed E-state index contributed by atoms with van der Waals surface area (Å²) in [4.78, 5) is 12.1. The molecule has 14 nitrogen and oxygen atoms in total. The number of rotatable bonds is 6. The predicted molar refractivity (Wildman–Crippen MR) is 122 cm³/mol. The molecule has 1 saturated heterocycles. The van der Waals surface area contributed by atoms with E-state index in [1.165, 1.54) is 31.4 Å². The number of methoxy groups -OCH3 is 1. The van der Waals surface area contributed by atoms with E-state index in [1.54, 1.807) is 0 Å². The van der Waals surface area contributed by atoms with Crippen molar-refractivity contribution in [2.45, 2.75) is 30.7 Å². The van der Waals surface area contributed by atoms with Gasteiger partial charge < -0.3 is 49.2 Å². The van der Waals surface area contributed by atoms with Crippen LogP contribution in [0, 0.1) is 0 Å². The van der Waals surface area contributed by atoms with E-state index in [2.05, 4.69) is 0 Å². The molecule has 0 bridgehead atoms. The van der Waals surface area contributed by atoms with Gasteiger partial charge in [-0.2, -0.15) is 0 Å². The van der Waals surface area contributed by atoms with Crippen molar-refractivity contribution in [1.29, 1.82) is 0 Å². The Bertz CT molecular complexity index is 1370. The zero-order valence-electron chi connectivity index (χ0n) is 19.1. The molecule has 0 amide bonds. The number of aliphatic hydroxyl groups excluding tert-OH is 4. The summed E-state index contributed by atoms with van der Waals surface area (Å²) in [5.74, 6) is -0.936. The fourth-order valence-corrected chi connectivity index (χ4v) is 4.59. The number of hydrogen-bond acceptors (Lipinski definition) is 13. The standard InChI is InChI=1S/C23H23NO13/c1-33-13-3-8(36-23-20(28)19(27)18(26)15(6-25)37-23)2-10-9(13)4-12(24(31)32)16-11(22(29)30)5-14-21(17(10)16)35-7-34-14/h2-5,15,18-20,23,25-28,31-32H,6-7H2,1H3,(H,29,30). The van der Waals surface area contributed by atoms with E-state index in [0.29, 0.717) is 10.8 Å². The first-order valence-electron chi connectivity index (χ1n) is 11.0. The average Bonchev–Trinajstić information content (AvgIpc) is 3.35. The van der Waals surface area contributed by atoms with E-state index in [9.17, 15) is 40.7 Å². The van der Waals surface area contributed by atoms with Gasteiger partial charge in [-0.3, -0.25) is 10.4 Å². The fourth-order valence-electron chi connectivity index (χ4n) is 4.59. The van der Waals surface area contributed by atoms with Crippen molar-refractivity contribution in [2.24, 2.45) is 0 Å². The molecule has 7 N–H and O–H groups in total. The lowest BCUT2D eigenvalue weighted by Crippen LogP contribution is -2.60. The molecule has 198 valence electrons. The quantitative estimate of drug-likeness (QED) is 0.171. The Balaban J connectivity index is 1.75. The van der Waals surface area contributed by atoms with Crippen LogP contribution in [0.2, 0.25) is 0 Å². The van der Waals surface area contributed by atoms with Gasteiger partial charge in [0, 0.05) is 27.6 Å². The van der Waals surface area contributed by atoms with Gasteiger partial charge in [0.25, 0.3) is 0 Å². The van der Waals surface area contributed by atoms with Crippen molar-refractivity contribution in [1.82, 2.24) is 0 Å². The molecule has 0 radical (unpaired) electrons. The second kappa shape index (κ2) is 9.35. The molecule has 0 aromatic heterocycles. The van der Waals surface area contributed by atoms with Gasteiger partial charge in [-0.05, 0) is 18.2 Å². The molecule has 0 aliphatic carbocycles. The maximum Gasteiger partial charge on any atom is 0.336 e. The summed E-state index contributed by atoms with van der Waals surface area (Å²) >= 11 is 0. The third-order valence-electron chi connectivity index (χ3n) is 6.35. The number of nitrogens with zero attached hydrogens (tertiary/aromatic N) is 1. The van der Waals surface area contributed by atoms with Gasteiger partial charge in [-0.25, -0.2) is 4.79 Å². The number of anilines is 1. The molecule has 5 rings (SSSR count). The summed E-state index contributed by atoms with van der Waals surface area (Å²) in [5, 5.41) is 70.1. The second-order valence-electron chi connectivity index (χ2n) is 8.43. The van der Waals surface area contributed by atoms with Crippen LogP contribution in [-0.2, 0) is 4.74 Å². The van der Waals surface area contributed by atoms with Gasteiger partial charge in [0.2, 0.25) is 13.1 Å². The second-order valence-corrected chi connectivity index (χ2v) is 8.43. The van der Waals surface area contributed by atoms with Crippen LogP contribution in [0.15, 0.2) is 24.3 Å². The lowest BCUT2D eigenvalue weighted by Gasteiger charge is -2.39. The molecule has 3 aromatic carbocycles. The first-order chi connectivity index (χ1) is 17.7. The Hall–Kier alpha value is -3.63. The largest absolute Gasteiger partial charge is 0.496 e. The summed E-state index contributed by atoms with van der Waals surface area (Å²) in [6.45, 7) is -0.862. The van der Waals surface area contributed by atoms with Crippen molar-refractivity contribution in [2.75, 3.05) is 25.7 Å². The molecular formula is C23H23NO13. The van der Waals surface area contributed by atoms with E-state index >= 15 is 0 Å². The third-order valence-corrected chi connectivity index (χ3v) is 6.35. The third kappa shape index (κ3) is 4.00. The Kier molecular flexibility index (Phi) is 6.33. The van der Waals surface area contributed by atoms with Crippen LogP contribution in [0.1, 0.15) is 10.4 Å². The van der Waals surface area contributed by atoms with Crippen LogP contribution in [0.3, 0.4) is 0 Å². The highest BCUT2D eigenvalue weighted by atomic mass is 16.8. The number of benzene rings is 3. The summed E-state index contributed by atoms with van der Waals surface area (Å²) < 4.78 is 27.6. The zero-order chi connectivity index (χ0) is 26.6. The molecule has 2 heterocycles. The SMILES string of the molecule is COc1cc(OC2OC(CO)C(O)C(O)C2O)cc2c1cc(N(O)O)c1c(C(=O)O)cc3c(c12)OCO3. The highest BCUT2D eigenvalue weighted by Crippen LogP contribution is 2.50. The monoisotopic (exact) mass is 521 g/mol. The molecule has 0 saturated carbocycles. The van der Waals surface area contributed by atoms with E-state index in [-0.39, 0.29) is 57.0 Å². The van der Waals surface area contributed by atoms with E-state index in [0.717, 1.165) is 0 Å². The van der Waals surface area contributed by atoms with Gasteiger partial charge in [0.1, 0.15) is 41.6 Å². The Labute approximate surface area is 207 Å². The molecule has 5 unspecified atom stereocenters. The molecule has 5 atom stereocenters. The van der Waals surface area contributed by atoms with Gasteiger partial charge >= 0.3 is 5.97 Å². The molecule has 0 spiro atoms. The number of ether oxygens (including phenoxy) is 5. The lowest BCUT2D eigenvalue weighted by molar-refractivity contribution is -0.277. The lowest BCUT2D eigenvalue weighted by atomic mass is 9.94. The molecule has 2 aliphatic rings. The van der Waals surface area contributed by atoms with E-state index in [4.69, 9.17) is 23.7 Å². The molecule has 1 fully saturated rings. The van der Waals surface area contributed by atoms with Crippen LogP contribution in [0.4, 0.5) is 5.69 Å². The van der Waals surface area contributed by atoms with Crippen LogP contribution in [0.25, 0.3) is 21.5 Å². The molecule has 14 heteroatoms. The minimum atomic E-state index is -1.68. The number of aliphatic hydroxyl groups is 4. The summed E-state index contributed by atoms with van der Waals surface area (Å²) in [6, 6.07) is 5.33. The number of carboxylic acid groups (broad SMARTS) is 1. The van der Waals surface area contributed by atoms with Crippen molar-refractivity contribution in [3.63, 3.8) is 0 Å². The summed E-state index contributed by atoms with van der Waals surface area (Å²) in [6.07, 6.45) is -7.65. The normalized spacial score (nSPS) is 24.9. The number of fused-ring (bicyclic) bond motifs is 5. The minimum Gasteiger partial charge on any atom is -0.496 e. The van der Waals surface area contributed by atoms with E-state index in [1.807, 2.05) is 0 Å². The summed E-state index contributed by atoms with van der Waals surface area (Å²) in [5.41, 5.74) is -0.581. The van der Waals surface area contributed by atoms with Gasteiger partial charge in [-0.1, -0.05) is 0 Å². The number of carboxylic acids is 1. The molecular weight excluding hydrogens is 498 g/mol. The molecule has 2 aliphatic heterocycles. The summed E-state index contributed by atoms with van der Waals surface area (Å²) in [7, 11) is 1.34. The van der Waals surface area contributed by atoms with Gasteiger partial charge in [0.15, 0.2) is 11.5 Å². The fraction of sp³-hybridized carbons (Fsp3) is 0.348. The van der Waals surface area contributed by atoms with Crippen molar-refractivity contribution < 1.29 is 64.4 Å². The molecule has 37 heavy (non-hydrogen) atoms. The van der Waals surface area contributed by atoms with Crippen LogP contribution >= 0.6 is 0 Å². The average molecular weight is 521 g/mol. The van der Waals surface area contributed by atoms with Crippen LogP contribution in [-0.4, -0.2) is 93.1 Å². The van der Waals surface area contributed by atoms with Crippen molar-refractivity contribution >= 4 is 33.2 Å².